The number of amides is 1. The van der Waals surface area contributed by atoms with Gasteiger partial charge in [-0.25, -0.2) is 0 Å². The molecule has 33 heavy (non-hydrogen) atoms. The lowest BCUT2D eigenvalue weighted by Gasteiger charge is -2.42. The number of unbranched alkanes of at least 4 members (excludes halogenated alkanes) is 1. The molecule has 1 atom stereocenters. The van der Waals surface area contributed by atoms with Gasteiger partial charge >= 0.3 is 0 Å². The standard InChI is InChI=1S/C30H44N2O/c1-23-26-16-8-9-17-28(26)29-22-31(21-19-27(23)29)20-11-10-18-30(33)32(24-12-4-2-5-13-24)25-14-6-3-7-15-25/h8-9,16-17,24-25,29H,2-7,10-15,18-22H2,1H3. The van der Waals surface area contributed by atoms with Crippen LogP contribution in [0.25, 0.3) is 5.57 Å². The van der Waals surface area contributed by atoms with E-state index in [0.29, 0.717) is 23.9 Å². The molecule has 3 heteroatoms. The molecule has 1 heterocycles. The zero-order chi connectivity index (χ0) is 22.6. The van der Waals surface area contributed by atoms with E-state index in [1.807, 2.05) is 0 Å². The van der Waals surface area contributed by atoms with Crippen molar-refractivity contribution in [3.8, 4) is 0 Å². The van der Waals surface area contributed by atoms with E-state index in [1.165, 1.54) is 88.3 Å². The molecule has 1 aliphatic heterocycles. The van der Waals surface area contributed by atoms with Crippen LogP contribution in [0.15, 0.2) is 29.8 Å². The first kappa shape index (κ1) is 23.1. The third kappa shape index (κ3) is 5.09. The highest BCUT2D eigenvalue weighted by Gasteiger charge is 2.34. The van der Waals surface area contributed by atoms with Crippen molar-refractivity contribution >= 4 is 11.5 Å². The number of fused-ring (bicyclic) bond motifs is 3. The molecule has 1 aromatic rings. The van der Waals surface area contributed by atoms with E-state index in [1.54, 1.807) is 11.1 Å². The molecule has 1 unspecified atom stereocenters. The van der Waals surface area contributed by atoms with E-state index in [4.69, 9.17) is 0 Å². The maximum Gasteiger partial charge on any atom is 0.223 e. The number of benzene rings is 1. The summed E-state index contributed by atoms with van der Waals surface area (Å²) in [5, 5.41) is 0. The molecule has 5 rings (SSSR count). The minimum absolute atomic E-state index is 0.470. The Morgan fingerprint density at radius 1 is 0.939 bits per heavy atom. The van der Waals surface area contributed by atoms with Gasteiger partial charge in [0.2, 0.25) is 5.91 Å². The van der Waals surface area contributed by atoms with E-state index >= 15 is 0 Å². The van der Waals surface area contributed by atoms with Crippen molar-refractivity contribution < 1.29 is 4.79 Å². The third-order valence-electron chi connectivity index (χ3n) is 9.12. The van der Waals surface area contributed by atoms with Crippen LogP contribution in [0, 0.1) is 0 Å². The quantitative estimate of drug-likeness (QED) is 0.422. The lowest BCUT2D eigenvalue weighted by atomic mass is 9.88. The molecule has 1 amide bonds. The van der Waals surface area contributed by atoms with Crippen molar-refractivity contribution in [3.05, 3.63) is 41.0 Å². The highest BCUT2D eigenvalue weighted by Crippen LogP contribution is 2.45. The van der Waals surface area contributed by atoms with Crippen LogP contribution < -0.4 is 0 Å². The Balaban J connectivity index is 1.12. The zero-order valence-corrected chi connectivity index (χ0v) is 20.9. The van der Waals surface area contributed by atoms with Crippen LogP contribution in [0.1, 0.15) is 114 Å². The van der Waals surface area contributed by atoms with Crippen LogP contribution in [0.2, 0.25) is 0 Å². The van der Waals surface area contributed by atoms with Gasteiger partial charge < -0.3 is 9.80 Å². The van der Waals surface area contributed by atoms with Gasteiger partial charge in [0.25, 0.3) is 0 Å². The summed E-state index contributed by atoms with van der Waals surface area (Å²) in [6, 6.07) is 10.1. The Kier molecular flexibility index (Phi) is 7.55. The number of likely N-dealkylation sites (tertiary alicyclic amines) is 1. The van der Waals surface area contributed by atoms with Gasteiger partial charge in [-0.05, 0) is 75.1 Å². The van der Waals surface area contributed by atoms with Crippen LogP contribution >= 0.6 is 0 Å². The molecule has 0 bridgehead atoms. The van der Waals surface area contributed by atoms with Crippen LogP contribution in [0.5, 0.6) is 0 Å². The second-order valence-corrected chi connectivity index (χ2v) is 11.2. The van der Waals surface area contributed by atoms with Gasteiger partial charge in [-0.15, -0.1) is 0 Å². The molecule has 180 valence electrons. The SMILES string of the molecule is CC1=C2CCN(CCCCC(=O)N(C3CCCCC3)C3CCCCC3)CC2c2ccccc21. The molecule has 4 aliphatic rings. The van der Waals surface area contributed by atoms with Gasteiger partial charge in [0.05, 0.1) is 0 Å². The van der Waals surface area contributed by atoms with Crippen LogP contribution in [0.3, 0.4) is 0 Å². The number of carbonyl (C=O) groups excluding carboxylic acids is 1. The smallest absolute Gasteiger partial charge is 0.223 e. The second-order valence-electron chi connectivity index (χ2n) is 11.2. The largest absolute Gasteiger partial charge is 0.337 e. The lowest BCUT2D eigenvalue weighted by Crippen LogP contribution is -2.48. The average Bonchev–Trinajstić information content (AvgIpc) is 3.15. The van der Waals surface area contributed by atoms with E-state index in [0.717, 1.165) is 32.4 Å². The number of hydrogen-bond acceptors (Lipinski definition) is 2. The molecule has 0 N–H and O–H groups in total. The lowest BCUT2D eigenvalue weighted by molar-refractivity contribution is -0.138. The summed E-state index contributed by atoms with van der Waals surface area (Å²) in [5.74, 6) is 1.07. The summed E-state index contributed by atoms with van der Waals surface area (Å²) < 4.78 is 0. The molecule has 0 radical (unpaired) electrons. The summed E-state index contributed by atoms with van der Waals surface area (Å²) in [6.07, 6.45) is 17.1. The topological polar surface area (TPSA) is 23.6 Å². The summed E-state index contributed by atoms with van der Waals surface area (Å²) in [6.45, 7) is 5.81. The van der Waals surface area contributed by atoms with Gasteiger partial charge in [0.1, 0.15) is 0 Å². The van der Waals surface area contributed by atoms with E-state index in [-0.39, 0.29) is 0 Å². The highest BCUT2D eigenvalue weighted by molar-refractivity contribution is 5.77. The fourth-order valence-corrected chi connectivity index (χ4v) is 7.33. The highest BCUT2D eigenvalue weighted by atomic mass is 16.2. The van der Waals surface area contributed by atoms with Crippen molar-refractivity contribution in [3.63, 3.8) is 0 Å². The van der Waals surface area contributed by atoms with Gasteiger partial charge in [-0.3, -0.25) is 4.79 Å². The van der Waals surface area contributed by atoms with E-state index in [2.05, 4.69) is 41.0 Å². The molecule has 1 aromatic carbocycles. The average molecular weight is 449 g/mol. The summed E-state index contributed by atoms with van der Waals surface area (Å²) in [7, 11) is 0. The number of piperidine rings is 1. The fourth-order valence-electron chi connectivity index (χ4n) is 7.33. The predicted octanol–water partition coefficient (Wildman–Crippen LogP) is 6.93. The second kappa shape index (κ2) is 10.8. The van der Waals surface area contributed by atoms with Crippen molar-refractivity contribution in [2.45, 2.75) is 115 Å². The number of carbonyl (C=O) groups is 1. The maximum absolute atomic E-state index is 13.4. The van der Waals surface area contributed by atoms with E-state index < -0.39 is 0 Å². The molecular weight excluding hydrogens is 404 g/mol. The normalized spacial score (nSPS) is 24.6. The zero-order valence-electron chi connectivity index (χ0n) is 20.9. The monoisotopic (exact) mass is 448 g/mol. The molecule has 1 saturated heterocycles. The van der Waals surface area contributed by atoms with Crippen molar-refractivity contribution in [2.24, 2.45) is 0 Å². The molecule has 3 aliphatic carbocycles. The van der Waals surface area contributed by atoms with Crippen LogP contribution in [-0.4, -0.2) is 47.4 Å². The first-order valence-electron chi connectivity index (χ1n) is 14.0. The van der Waals surface area contributed by atoms with E-state index in [9.17, 15) is 4.79 Å². The summed E-state index contributed by atoms with van der Waals surface area (Å²) in [5.41, 5.74) is 6.24. The molecule has 0 spiro atoms. The van der Waals surface area contributed by atoms with Gasteiger partial charge in [0, 0.05) is 37.5 Å². The van der Waals surface area contributed by atoms with Crippen molar-refractivity contribution in [2.75, 3.05) is 19.6 Å². The maximum atomic E-state index is 13.4. The van der Waals surface area contributed by atoms with Crippen LogP contribution in [0.4, 0.5) is 0 Å². The Hall–Kier alpha value is -1.61. The predicted molar refractivity (Wildman–Crippen MR) is 137 cm³/mol. The number of hydrogen-bond donors (Lipinski definition) is 0. The first-order valence-corrected chi connectivity index (χ1v) is 14.0. The van der Waals surface area contributed by atoms with Gasteiger partial charge in [-0.2, -0.15) is 0 Å². The Morgan fingerprint density at radius 3 is 2.30 bits per heavy atom. The molecule has 0 aromatic heterocycles. The Labute approximate surface area is 201 Å². The molecular formula is C30H44N2O. The van der Waals surface area contributed by atoms with Crippen LogP contribution in [-0.2, 0) is 4.79 Å². The number of rotatable bonds is 7. The number of nitrogens with zero attached hydrogens (tertiary/aromatic N) is 2. The number of allylic oxidation sites excluding steroid dienone is 1. The summed E-state index contributed by atoms with van der Waals surface area (Å²) in [4.78, 5) is 18.5. The Morgan fingerprint density at radius 2 is 1.61 bits per heavy atom. The molecule has 3 nitrogen and oxygen atoms in total. The third-order valence-corrected chi connectivity index (χ3v) is 9.12. The molecule has 2 saturated carbocycles. The summed E-state index contributed by atoms with van der Waals surface area (Å²) >= 11 is 0. The molecule has 3 fully saturated rings. The fraction of sp³-hybridized carbons (Fsp3) is 0.700. The first-order chi connectivity index (χ1) is 16.2. The Bertz CT molecular complexity index is 829. The van der Waals surface area contributed by atoms with Gasteiger partial charge in [0.15, 0.2) is 0 Å². The van der Waals surface area contributed by atoms with Crippen molar-refractivity contribution in [1.82, 2.24) is 9.80 Å². The minimum atomic E-state index is 0.470. The van der Waals surface area contributed by atoms with Crippen molar-refractivity contribution in [1.29, 1.82) is 0 Å². The minimum Gasteiger partial charge on any atom is -0.337 e. The van der Waals surface area contributed by atoms with Gasteiger partial charge in [-0.1, -0.05) is 68.4 Å².